The first-order valence-electron chi connectivity index (χ1n) is 7.03. The van der Waals surface area contributed by atoms with Crippen LogP contribution in [0.2, 0.25) is 0 Å². The molecular formula is C17H17N3. The zero-order chi connectivity index (χ0) is 13.7. The van der Waals surface area contributed by atoms with Crippen LogP contribution in [-0.2, 0) is 0 Å². The summed E-state index contributed by atoms with van der Waals surface area (Å²) in [5.41, 5.74) is 10.2. The summed E-state index contributed by atoms with van der Waals surface area (Å²) in [6.45, 7) is 2.08. The van der Waals surface area contributed by atoms with Gasteiger partial charge in [-0.2, -0.15) is 0 Å². The lowest BCUT2D eigenvalue weighted by atomic mass is 10.1. The summed E-state index contributed by atoms with van der Waals surface area (Å²) in [7, 11) is 0. The normalized spacial score (nSPS) is 21.2. The third-order valence-corrected chi connectivity index (χ3v) is 4.21. The molecule has 1 aromatic heterocycles. The van der Waals surface area contributed by atoms with Gasteiger partial charge in [0.2, 0.25) is 0 Å². The highest BCUT2D eigenvalue weighted by molar-refractivity contribution is 5.80. The predicted octanol–water partition coefficient (Wildman–Crippen LogP) is 3.66. The maximum absolute atomic E-state index is 5.84. The zero-order valence-electron chi connectivity index (χ0n) is 11.5. The maximum Gasteiger partial charge on any atom is 0.107 e. The lowest BCUT2D eigenvalue weighted by Gasteiger charge is -2.07. The molecule has 0 aliphatic heterocycles. The Bertz CT molecular complexity index is 774. The van der Waals surface area contributed by atoms with E-state index in [1.165, 1.54) is 17.5 Å². The Morgan fingerprint density at radius 3 is 2.75 bits per heavy atom. The number of imidazole rings is 1. The zero-order valence-corrected chi connectivity index (χ0v) is 11.5. The molecule has 2 N–H and O–H groups in total. The largest absolute Gasteiger partial charge is 0.399 e. The minimum absolute atomic E-state index is 0.533. The number of nitrogens with two attached hydrogens (primary N) is 1. The van der Waals surface area contributed by atoms with E-state index in [1.54, 1.807) is 0 Å². The molecule has 0 saturated heterocycles. The Morgan fingerprint density at radius 1 is 1.15 bits per heavy atom. The van der Waals surface area contributed by atoms with Gasteiger partial charge in [0.05, 0.1) is 11.0 Å². The molecule has 0 bridgehead atoms. The summed E-state index contributed by atoms with van der Waals surface area (Å²) < 4.78 is 2.37. The van der Waals surface area contributed by atoms with Crippen molar-refractivity contribution in [1.82, 2.24) is 9.55 Å². The van der Waals surface area contributed by atoms with Gasteiger partial charge in [-0.25, -0.2) is 4.98 Å². The van der Waals surface area contributed by atoms with E-state index in [0.29, 0.717) is 12.0 Å². The average molecular weight is 263 g/mol. The van der Waals surface area contributed by atoms with E-state index < -0.39 is 0 Å². The van der Waals surface area contributed by atoms with E-state index >= 15 is 0 Å². The molecule has 1 aliphatic rings. The van der Waals surface area contributed by atoms with Gasteiger partial charge in [-0.3, -0.25) is 0 Å². The first-order chi connectivity index (χ1) is 9.74. The van der Waals surface area contributed by atoms with E-state index in [0.717, 1.165) is 17.0 Å². The lowest BCUT2D eigenvalue weighted by molar-refractivity contribution is 0.711. The van der Waals surface area contributed by atoms with Crippen LogP contribution in [0.3, 0.4) is 0 Å². The van der Waals surface area contributed by atoms with Gasteiger partial charge in [-0.05, 0) is 37.1 Å². The van der Waals surface area contributed by atoms with Crippen LogP contribution in [-0.4, -0.2) is 9.55 Å². The second-order valence-electron chi connectivity index (χ2n) is 5.60. The highest BCUT2D eigenvalue weighted by Crippen LogP contribution is 2.52. The van der Waals surface area contributed by atoms with Crippen LogP contribution < -0.4 is 5.73 Å². The summed E-state index contributed by atoms with van der Waals surface area (Å²) in [6.07, 6.45) is 1.20. The van der Waals surface area contributed by atoms with E-state index in [-0.39, 0.29) is 0 Å². The molecule has 2 atom stereocenters. The van der Waals surface area contributed by atoms with E-state index in [9.17, 15) is 0 Å². The molecule has 4 rings (SSSR count). The second-order valence-corrected chi connectivity index (χ2v) is 5.60. The first kappa shape index (κ1) is 11.5. The van der Waals surface area contributed by atoms with Crippen molar-refractivity contribution >= 4 is 16.7 Å². The molecule has 1 heterocycles. The SMILES string of the molecule is Cc1nc2cc(N)ccc2n1C1CC1c1ccccc1. The number of rotatable bonds is 2. The van der Waals surface area contributed by atoms with Crippen LogP contribution in [0.5, 0.6) is 0 Å². The van der Waals surface area contributed by atoms with Gasteiger partial charge in [0.1, 0.15) is 5.82 Å². The Hall–Kier alpha value is -2.29. The molecule has 0 amide bonds. The van der Waals surface area contributed by atoms with Crippen molar-refractivity contribution in [3.8, 4) is 0 Å². The molecule has 1 fully saturated rings. The number of nitrogens with zero attached hydrogens (tertiary/aromatic N) is 2. The molecule has 1 aliphatic carbocycles. The summed E-state index contributed by atoms with van der Waals surface area (Å²) in [5, 5.41) is 0. The van der Waals surface area contributed by atoms with Crippen LogP contribution in [0.25, 0.3) is 11.0 Å². The molecule has 0 spiro atoms. The molecule has 1 saturated carbocycles. The number of aromatic nitrogens is 2. The first-order valence-corrected chi connectivity index (χ1v) is 7.03. The molecule has 2 unspecified atom stereocenters. The van der Waals surface area contributed by atoms with Crippen LogP contribution in [0, 0.1) is 6.92 Å². The predicted molar refractivity (Wildman–Crippen MR) is 81.7 cm³/mol. The van der Waals surface area contributed by atoms with Crippen LogP contribution >= 0.6 is 0 Å². The number of nitrogen functional groups attached to an aromatic ring is 1. The molecule has 3 nitrogen and oxygen atoms in total. The second kappa shape index (κ2) is 4.10. The van der Waals surface area contributed by atoms with E-state index in [2.05, 4.69) is 52.9 Å². The molecule has 3 aromatic rings. The van der Waals surface area contributed by atoms with Crippen molar-refractivity contribution < 1.29 is 0 Å². The van der Waals surface area contributed by atoms with Crippen molar-refractivity contribution in [2.24, 2.45) is 0 Å². The standard InChI is InChI=1S/C17H17N3/c1-11-19-15-9-13(18)7-8-16(15)20(11)17-10-14(17)12-5-3-2-4-6-12/h2-9,14,17H,10,18H2,1H3. The van der Waals surface area contributed by atoms with Crippen molar-refractivity contribution in [2.45, 2.75) is 25.3 Å². The highest BCUT2D eigenvalue weighted by atomic mass is 15.1. The number of hydrogen-bond acceptors (Lipinski definition) is 2. The fourth-order valence-electron chi connectivity index (χ4n) is 3.18. The minimum atomic E-state index is 0.533. The summed E-state index contributed by atoms with van der Waals surface area (Å²) in [5.74, 6) is 1.69. The van der Waals surface area contributed by atoms with Crippen LogP contribution in [0.1, 0.15) is 29.8 Å². The number of anilines is 1. The van der Waals surface area contributed by atoms with Gasteiger partial charge in [0.15, 0.2) is 0 Å². The Balaban J connectivity index is 1.76. The molecule has 20 heavy (non-hydrogen) atoms. The molecule has 0 radical (unpaired) electrons. The minimum Gasteiger partial charge on any atom is -0.399 e. The van der Waals surface area contributed by atoms with E-state index in [1.807, 2.05) is 12.1 Å². The Labute approximate surface area is 118 Å². The maximum atomic E-state index is 5.84. The van der Waals surface area contributed by atoms with Gasteiger partial charge < -0.3 is 10.3 Å². The van der Waals surface area contributed by atoms with E-state index in [4.69, 9.17) is 5.73 Å². The van der Waals surface area contributed by atoms with Crippen molar-refractivity contribution in [3.63, 3.8) is 0 Å². The molecular weight excluding hydrogens is 246 g/mol. The number of hydrogen-bond donors (Lipinski definition) is 1. The Kier molecular flexibility index (Phi) is 2.36. The Morgan fingerprint density at radius 2 is 1.95 bits per heavy atom. The van der Waals surface area contributed by atoms with Crippen LogP contribution in [0.4, 0.5) is 5.69 Å². The van der Waals surface area contributed by atoms with Crippen molar-refractivity contribution in [2.75, 3.05) is 5.73 Å². The smallest absolute Gasteiger partial charge is 0.107 e. The monoisotopic (exact) mass is 263 g/mol. The van der Waals surface area contributed by atoms with Gasteiger partial charge in [0.25, 0.3) is 0 Å². The third-order valence-electron chi connectivity index (χ3n) is 4.21. The highest BCUT2D eigenvalue weighted by Gasteiger charge is 2.41. The quantitative estimate of drug-likeness (QED) is 0.717. The number of fused-ring (bicyclic) bond motifs is 1. The topological polar surface area (TPSA) is 43.8 Å². The fraction of sp³-hybridized carbons (Fsp3) is 0.235. The fourth-order valence-corrected chi connectivity index (χ4v) is 3.18. The average Bonchev–Trinajstić information content (AvgIpc) is 3.16. The van der Waals surface area contributed by atoms with Gasteiger partial charge >= 0.3 is 0 Å². The molecule has 2 aromatic carbocycles. The third kappa shape index (κ3) is 1.70. The summed E-state index contributed by atoms with van der Waals surface area (Å²) in [6, 6.07) is 17.3. The van der Waals surface area contributed by atoms with Gasteiger partial charge in [-0.15, -0.1) is 0 Å². The molecule has 100 valence electrons. The lowest BCUT2D eigenvalue weighted by Crippen LogP contribution is -1.99. The van der Waals surface area contributed by atoms with Crippen molar-refractivity contribution in [3.05, 3.63) is 59.9 Å². The van der Waals surface area contributed by atoms with Gasteiger partial charge in [-0.1, -0.05) is 30.3 Å². The number of aryl methyl sites for hydroxylation is 1. The molecule has 3 heteroatoms. The summed E-state index contributed by atoms with van der Waals surface area (Å²) in [4.78, 5) is 4.65. The number of benzene rings is 2. The van der Waals surface area contributed by atoms with Crippen molar-refractivity contribution in [1.29, 1.82) is 0 Å². The summed E-state index contributed by atoms with van der Waals surface area (Å²) >= 11 is 0. The van der Waals surface area contributed by atoms with Crippen LogP contribution in [0.15, 0.2) is 48.5 Å². The van der Waals surface area contributed by atoms with Gasteiger partial charge in [0, 0.05) is 17.6 Å².